The molecule has 1 N–H and O–H groups in total. The van der Waals surface area contributed by atoms with Crippen molar-refractivity contribution < 1.29 is 9.53 Å². The van der Waals surface area contributed by atoms with Crippen LogP contribution in [0.5, 0.6) is 0 Å². The molecule has 1 aliphatic carbocycles. The van der Waals surface area contributed by atoms with E-state index < -0.39 is 0 Å². The van der Waals surface area contributed by atoms with Crippen LogP contribution in [-0.2, 0) is 9.53 Å². The fraction of sp³-hybridized carbons (Fsp3) is 0.933. The quantitative estimate of drug-likeness (QED) is 0.747. The second-order valence-electron chi connectivity index (χ2n) is 6.59. The molecule has 19 heavy (non-hydrogen) atoms. The molecule has 0 spiro atoms. The highest BCUT2D eigenvalue weighted by Crippen LogP contribution is 2.43. The number of rotatable bonds is 6. The van der Waals surface area contributed by atoms with Crippen molar-refractivity contribution in [2.75, 3.05) is 20.2 Å². The Bertz CT molecular complexity index is 330. The summed E-state index contributed by atoms with van der Waals surface area (Å²) in [5.41, 5.74) is 0.134. The monoisotopic (exact) mass is 268 g/mol. The Morgan fingerprint density at radius 2 is 2.21 bits per heavy atom. The summed E-state index contributed by atoms with van der Waals surface area (Å²) in [6.07, 6.45) is 4.62. The van der Waals surface area contributed by atoms with Crippen molar-refractivity contribution in [1.82, 2.24) is 10.2 Å². The lowest BCUT2D eigenvalue weighted by atomic mass is 9.64. The first-order valence-electron chi connectivity index (χ1n) is 7.59. The molecule has 4 nitrogen and oxygen atoms in total. The van der Waals surface area contributed by atoms with E-state index in [1.54, 1.807) is 0 Å². The van der Waals surface area contributed by atoms with Gasteiger partial charge in [0.1, 0.15) is 0 Å². The standard InChI is InChI=1S/C15H28N2O2/c1-5-6-9-19-13-10-12(15(13,2)3)16-11-7-8-17(4)14(11)18/h11-13,16H,5-10H2,1-4H3/t11-,12-,13-/m1/s1. The number of amides is 1. The van der Waals surface area contributed by atoms with Gasteiger partial charge in [-0.2, -0.15) is 0 Å². The van der Waals surface area contributed by atoms with E-state index in [-0.39, 0.29) is 17.4 Å². The number of ether oxygens (including phenoxy) is 1. The highest BCUT2D eigenvalue weighted by atomic mass is 16.5. The van der Waals surface area contributed by atoms with Gasteiger partial charge in [0.25, 0.3) is 0 Å². The second-order valence-corrected chi connectivity index (χ2v) is 6.59. The Hall–Kier alpha value is -0.610. The van der Waals surface area contributed by atoms with Gasteiger partial charge in [0.2, 0.25) is 5.91 Å². The third-order valence-corrected chi connectivity index (χ3v) is 4.82. The predicted octanol–water partition coefficient (Wildman–Crippen LogP) is 1.79. The average Bonchev–Trinajstić information content (AvgIpc) is 2.68. The Labute approximate surface area is 116 Å². The zero-order valence-electron chi connectivity index (χ0n) is 12.7. The van der Waals surface area contributed by atoms with Crippen molar-refractivity contribution in [2.45, 2.75) is 64.6 Å². The van der Waals surface area contributed by atoms with Crippen molar-refractivity contribution >= 4 is 5.91 Å². The molecule has 0 bridgehead atoms. The van der Waals surface area contributed by atoms with Gasteiger partial charge in [-0.15, -0.1) is 0 Å². The summed E-state index contributed by atoms with van der Waals surface area (Å²) >= 11 is 0. The smallest absolute Gasteiger partial charge is 0.239 e. The summed E-state index contributed by atoms with van der Waals surface area (Å²) in [6.45, 7) is 8.41. The first kappa shape index (κ1) is 14.8. The number of unbranched alkanes of at least 4 members (excludes halogenated alkanes) is 1. The van der Waals surface area contributed by atoms with Gasteiger partial charge in [-0.05, 0) is 19.3 Å². The van der Waals surface area contributed by atoms with Gasteiger partial charge in [-0.1, -0.05) is 27.2 Å². The molecule has 2 aliphatic rings. The molecule has 0 radical (unpaired) electrons. The average molecular weight is 268 g/mol. The number of hydrogen-bond acceptors (Lipinski definition) is 3. The van der Waals surface area contributed by atoms with Crippen LogP contribution >= 0.6 is 0 Å². The van der Waals surface area contributed by atoms with Gasteiger partial charge < -0.3 is 15.0 Å². The van der Waals surface area contributed by atoms with Crippen LogP contribution in [-0.4, -0.2) is 49.2 Å². The normalized spacial score (nSPS) is 33.6. The van der Waals surface area contributed by atoms with Gasteiger partial charge in [0.15, 0.2) is 0 Å². The summed E-state index contributed by atoms with van der Waals surface area (Å²) in [5, 5.41) is 3.53. The highest BCUT2D eigenvalue weighted by molar-refractivity contribution is 5.83. The fourth-order valence-electron chi connectivity index (χ4n) is 3.04. The second kappa shape index (κ2) is 5.80. The topological polar surface area (TPSA) is 41.6 Å². The van der Waals surface area contributed by atoms with Crippen molar-refractivity contribution in [3.05, 3.63) is 0 Å². The van der Waals surface area contributed by atoms with Crippen molar-refractivity contribution in [3.8, 4) is 0 Å². The molecule has 1 saturated carbocycles. The van der Waals surface area contributed by atoms with Crippen molar-refractivity contribution in [2.24, 2.45) is 5.41 Å². The lowest BCUT2D eigenvalue weighted by Crippen LogP contribution is -2.63. The van der Waals surface area contributed by atoms with Gasteiger partial charge in [-0.3, -0.25) is 4.79 Å². The Kier molecular flexibility index (Phi) is 4.51. The first-order valence-corrected chi connectivity index (χ1v) is 7.59. The van der Waals surface area contributed by atoms with Crippen LogP contribution in [0.25, 0.3) is 0 Å². The number of hydrogen-bond donors (Lipinski definition) is 1. The van der Waals surface area contributed by atoms with E-state index in [0.29, 0.717) is 12.1 Å². The molecule has 0 aromatic carbocycles. The van der Waals surface area contributed by atoms with E-state index in [9.17, 15) is 4.79 Å². The van der Waals surface area contributed by atoms with Crippen LogP contribution in [0.4, 0.5) is 0 Å². The summed E-state index contributed by atoms with van der Waals surface area (Å²) in [4.78, 5) is 13.7. The maximum atomic E-state index is 11.9. The van der Waals surface area contributed by atoms with Crippen LogP contribution in [0.15, 0.2) is 0 Å². The zero-order valence-corrected chi connectivity index (χ0v) is 12.7. The van der Waals surface area contributed by atoms with Crippen molar-refractivity contribution in [1.29, 1.82) is 0 Å². The molecule has 0 aromatic rings. The van der Waals surface area contributed by atoms with Crippen LogP contribution < -0.4 is 5.32 Å². The van der Waals surface area contributed by atoms with E-state index in [0.717, 1.165) is 32.4 Å². The van der Waals surface area contributed by atoms with E-state index in [1.165, 1.54) is 6.42 Å². The minimum Gasteiger partial charge on any atom is -0.378 e. The molecular weight excluding hydrogens is 240 g/mol. The molecule has 2 rings (SSSR count). The van der Waals surface area contributed by atoms with E-state index in [4.69, 9.17) is 4.74 Å². The van der Waals surface area contributed by atoms with Crippen LogP contribution in [0.2, 0.25) is 0 Å². The van der Waals surface area contributed by atoms with Gasteiger partial charge in [-0.25, -0.2) is 0 Å². The number of nitrogens with one attached hydrogen (secondary N) is 1. The van der Waals surface area contributed by atoms with Crippen molar-refractivity contribution in [3.63, 3.8) is 0 Å². The number of nitrogens with zero attached hydrogens (tertiary/aromatic N) is 1. The molecule has 1 amide bonds. The van der Waals surface area contributed by atoms with Crippen LogP contribution in [0.1, 0.15) is 46.5 Å². The molecule has 4 heteroatoms. The molecular formula is C15H28N2O2. The molecule has 2 fully saturated rings. The van der Waals surface area contributed by atoms with Crippen LogP contribution in [0.3, 0.4) is 0 Å². The van der Waals surface area contributed by atoms with E-state index in [2.05, 4.69) is 26.1 Å². The molecule has 3 atom stereocenters. The largest absolute Gasteiger partial charge is 0.378 e. The summed E-state index contributed by atoms with van der Waals surface area (Å²) in [5.74, 6) is 0.242. The van der Waals surface area contributed by atoms with E-state index in [1.807, 2.05) is 11.9 Å². The number of carbonyl (C=O) groups excluding carboxylic acids is 1. The summed E-state index contributed by atoms with van der Waals surface area (Å²) in [7, 11) is 1.88. The SMILES string of the molecule is CCCCO[C@@H]1C[C@@H](N[C@@H]2CCN(C)C2=O)C1(C)C. The minimum absolute atomic E-state index is 0.0193. The number of likely N-dealkylation sites (tertiary alicyclic amines) is 1. The van der Waals surface area contributed by atoms with Crippen LogP contribution in [0, 0.1) is 5.41 Å². The summed E-state index contributed by atoms with van der Waals surface area (Å²) < 4.78 is 5.94. The van der Waals surface area contributed by atoms with Gasteiger partial charge >= 0.3 is 0 Å². The Morgan fingerprint density at radius 3 is 2.74 bits per heavy atom. The molecule has 0 aromatic heterocycles. The number of likely N-dealkylation sites (N-methyl/N-ethyl adjacent to an activating group) is 1. The first-order chi connectivity index (χ1) is 8.96. The van der Waals surface area contributed by atoms with E-state index >= 15 is 0 Å². The predicted molar refractivity (Wildman–Crippen MR) is 76.0 cm³/mol. The molecule has 1 aliphatic heterocycles. The Balaban J connectivity index is 1.79. The number of carbonyl (C=O) groups is 1. The lowest BCUT2D eigenvalue weighted by Gasteiger charge is -2.52. The molecule has 110 valence electrons. The summed E-state index contributed by atoms with van der Waals surface area (Å²) in [6, 6.07) is 0.422. The fourth-order valence-corrected chi connectivity index (χ4v) is 3.04. The molecule has 1 heterocycles. The lowest BCUT2D eigenvalue weighted by molar-refractivity contribution is -0.134. The maximum absolute atomic E-state index is 11.9. The minimum atomic E-state index is 0.0193. The third-order valence-electron chi connectivity index (χ3n) is 4.82. The highest BCUT2D eigenvalue weighted by Gasteiger charge is 2.50. The van der Waals surface area contributed by atoms with Gasteiger partial charge in [0, 0.05) is 31.7 Å². The molecule has 0 unspecified atom stereocenters. The maximum Gasteiger partial charge on any atom is 0.239 e. The third kappa shape index (κ3) is 2.95. The molecule has 1 saturated heterocycles. The Morgan fingerprint density at radius 1 is 1.47 bits per heavy atom. The zero-order chi connectivity index (χ0) is 14.0. The van der Waals surface area contributed by atoms with Gasteiger partial charge in [0.05, 0.1) is 12.1 Å².